The molecule has 3 aliphatic rings. The normalized spacial score (nSPS) is 15.1. The molecule has 0 fully saturated rings. The van der Waals surface area contributed by atoms with E-state index in [0.717, 1.165) is 61.2 Å². The van der Waals surface area contributed by atoms with Crippen LogP contribution in [0, 0.1) is 0 Å². The van der Waals surface area contributed by atoms with Gasteiger partial charge in [0.2, 0.25) is 0 Å². The molecule has 1 aromatic heterocycles. The van der Waals surface area contributed by atoms with Crippen LogP contribution in [-0.2, 0) is 12.8 Å². The number of anilines is 2. The second-order valence-corrected chi connectivity index (χ2v) is 13.5. The number of hydrogen-bond donors (Lipinski definition) is 0. The summed E-state index contributed by atoms with van der Waals surface area (Å²) >= 11 is 0. The van der Waals surface area contributed by atoms with Crippen LogP contribution in [-0.4, -0.2) is 4.57 Å². The third-order valence-electron chi connectivity index (χ3n) is 10.4. The summed E-state index contributed by atoms with van der Waals surface area (Å²) in [5.74, 6) is 0. The fraction of sp³-hybridized carbons (Fsp3) is 0.143. The van der Waals surface area contributed by atoms with Crippen molar-refractivity contribution in [3.8, 4) is 27.9 Å². The number of para-hydroxylation sites is 1. The number of hydrogen-bond acceptors (Lipinski definition) is 1. The summed E-state index contributed by atoms with van der Waals surface area (Å²) in [6.45, 7) is 6.54. The molecule has 5 aromatic rings. The third-order valence-corrected chi connectivity index (χ3v) is 10.4. The average molecular weight is 661 g/mol. The summed E-state index contributed by atoms with van der Waals surface area (Å²) in [4.78, 5) is 2.37. The maximum absolute atomic E-state index is 4.42. The van der Waals surface area contributed by atoms with Crippen LogP contribution in [0.3, 0.4) is 0 Å². The first kappa shape index (κ1) is 32.4. The molecule has 0 spiro atoms. The second kappa shape index (κ2) is 14.5. The molecule has 2 heteroatoms. The Labute approximate surface area is 303 Å². The highest BCUT2D eigenvalue weighted by Gasteiger charge is 2.23. The lowest BCUT2D eigenvalue weighted by Gasteiger charge is -2.29. The van der Waals surface area contributed by atoms with E-state index in [-0.39, 0.29) is 0 Å². The van der Waals surface area contributed by atoms with E-state index >= 15 is 0 Å². The highest BCUT2D eigenvalue weighted by atomic mass is 15.1. The van der Waals surface area contributed by atoms with Crippen LogP contribution in [0.1, 0.15) is 55.1 Å². The molecule has 0 unspecified atom stereocenters. The zero-order chi connectivity index (χ0) is 34.6. The van der Waals surface area contributed by atoms with E-state index in [4.69, 9.17) is 0 Å². The molecule has 2 nitrogen and oxygen atoms in total. The predicted octanol–water partition coefficient (Wildman–Crippen LogP) is 13.2. The lowest BCUT2D eigenvalue weighted by Crippen LogP contribution is -2.16. The molecule has 51 heavy (non-hydrogen) atoms. The molecule has 0 saturated heterocycles. The van der Waals surface area contributed by atoms with E-state index in [1.165, 1.54) is 56.0 Å². The number of fused-ring (bicyclic) bond motifs is 3. The van der Waals surface area contributed by atoms with Gasteiger partial charge >= 0.3 is 0 Å². The number of rotatable bonds is 9. The van der Waals surface area contributed by atoms with Gasteiger partial charge in [0.15, 0.2) is 0 Å². The van der Waals surface area contributed by atoms with Crippen molar-refractivity contribution < 1.29 is 0 Å². The first-order valence-electron chi connectivity index (χ1n) is 18.3. The highest BCUT2D eigenvalue weighted by Crippen LogP contribution is 2.40. The van der Waals surface area contributed by atoms with E-state index in [2.05, 4.69) is 187 Å². The Kier molecular flexibility index (Phi) is 9.23. The van der Waals surface area contributed by atoms with Crippen molar-refractivity contribution in [1.29, 1.82) is 0 Å². The van der Waals surface area contributed by atoms with Gasteiger partial charge in [-0.15, -0.1) is 0 Å². The van der Waals surface area contributed by atoms with E-state index in [0.29, 0.717) is 0 Å². The zero-order valence-electron chi connectivity index (χ0n) is 29.4. The van der Waals surface area contributed by atoms with Gasteiger partial charge in [-0.05, 0) is 133 Å². The average Bonchev–Trinajstić information content (AvgIpc) is 3.55. The summed E-state index contributed by atoms with van der Waals surface area (Å²) < 4.78 is 2.47. The summed E-state index contributed by atoms with van der Waals surface area (Å²) in [5.41, 5.74) is 17.5. The van der Waals surface area contributed by atoms with Crippen LogP contribution in [0.15, 0.2) is 175 Å². The molecular weight excluding hydrogens is 617 g/mol. The van der Waals surface area contributed by atoms with Crippen LogP contribution >= 0.6 is 0 Å². The van der Waals surface area contributed by atoms with Gasteiger partial charge in [0.1, 0.15) is 0 Å². The Bertz CT molecular complexity index is 2210. The van der Waals surface area contributed by atoms with Gasteiger partial charge in [0, 0.05) is 34.0 Å². The minimum Gasteiger partial charge on any atom is -0.310 e. The lowest BCUT2D eigenvalue weighted by atomic mass is 9.94. The molecule has 0 atom stereocenters. The largest absolute Gasteiger partial charge is 0.310 e. The first-order chi connectivity index (χ1) is 25.2. The minimum absolute atomic E-state index is 1.03. The molecule has 1 heterocycles. The van der Waals surface area contributed by atoms with Gasteiger partial charge in [-0.1, -0.05) is 122 Å². The van der Waals surface area contributed by atoms with Crippen molar-refractivity contribution in [2.24, 2.45) is 0 Å². The van der Waals surface area contributed by atoms with Crippen molar-refractivity contribution in [3.63, 3.8) is 0 Å². The Morgan fingerprint density at radius 3 is 1.92 bits per heavy atom. The number of nitrogens with zero attached hydrogens (tertiary/aromatic N) is 2. The topological polar surface area (TPSA) is 8.17 Å². The van der Waals surface area contributed by atoms with E-state index in [1.807, 2.05) is 0 Å². The molecule has 0 amide bonds. The van der Waals surface area contributed by atoms with Gasteiger partial charge in [-0.3, -0.25) is 0 Å². The van der Waals surface area contributed by atoms with Crippen molar-refractivity contribution in [3.05, 3.63) is 198 Å². The summed E-state index contributed by atoms with van der Waals surface area (Å²) in [7, 11) is 0. The fourth-order valence-electron chi connectivity index (χ4n) is 7.77. The lowest BCUT2D eigenvalue weighted by molar-refractivity contribution is 0.922. The van der Waals surface area contributed by atoms with Gasteiger partial charge in [0.25, 0.3) is 0 Å². The molecule has 0 saturated carbocycles. The van der Waals surface area contributed by atoms with Crippen molar-refractivity contribution in [2.75, 3.05) is 4.90 Å². The SMILES string of the molecule is C=C(/C=C\C(=C/C)N(c1ccc(-c2ccc(-n3c4c(c5c3C=CCC5)CCC=C4)cc2)cc1)c1ccccc1-c1ccccc1)C1=CC=CCC1. The molecule has 0 radical (unpaired) electrons. The summed E-state index contributed by atoms with van der Waals surface area (Å²) in [6, 6.07) is 37.5. The van der Waals surface area contributed by atoms with Gasteiger partial charge in [-0.2, -0.15) is 0 Å². The van der Waals surface area contributed by atoms with E-state index in [1.54, 1.807) is 0 Å². The minimum atomic E-state index is 1.03. The van der Waals surface area contributed by atoms with E-state index < -0.39 is 0 Å². The maximum Gasteiger partial charge on any atom is 0.0539 e. The smallest absolute Gasteiger partial charge is 0.0539 e. The van der Waals surface area contributed by atoms with Crippen LogP contribution < -0.4 is 4.90 Å². The second-order valence-electron chi connectivity index (χ2n) is 13.5. The standard InChI is InChI=1S/C49H44N2/c1-3-41(31-26-36(2)37-16-6-4-7-17-37)50(47-23-13-10-20-44(47)40-18-8-5-9-19-40)42-32-27-38(28-33-42)39-29-34-43(35-30-39)51-48-24-14-11-21-45(48)46-22-12-15-25-49(46)51/h3-6,8-10,13-16,18-20,23-35H,2,7,11-12,17,21-22H2,1H3/b31-26-,41-3+. The van der Waals surface area contributed by atoms with E-state index in [9.17, 15) is 0 Å². The number of allylic oxidation sites excluding steroid dienone is 10. The maximum atomic E-state index is 4.42. The van der Waals surface area contributed by atoms with Crippen LogP contribution in [0.5, 0.6) is 0 Å². The molecule has 4 aromatic carbocycles. The molecule has 3 aliphatic carbocycles. The molecule has 0 bridgehead atoms. The molecule has 0 N–H and O–H groups in total. The van der Waals surface area contributed by atoms with Crippen LogP contribution in [0.2, 0.25) is 0 Å². The molecule has 8 rings (SSSR count). The molecule has 0 aliphatic heterocycles. The molecule has 250 valence electrons. The van der Waals surface area contributed by atoms with Crippen LogP contribution in [0.4, 0.5) is 11.4 Å². The van der Waals surface area contributed by atoms with Crippen molar-refractivity contribution >= 4 is 23.5 Å². The Balaban J connectivity index is 1.14. The number of aromatic nitrogens is 1. The van der Waals surface area contributed by atoms with Crippen molar-refractivity contribution in [1.82, 2.24) is 4.57 Å². The third kappa shape index (κ3) is 6.46. The van der Waals surface area contributed by atoms with Crippen molar-refractivity contribution in [2.45, 2.75) is 45.4 Å². The predicted molar refractivity (Wildman–Crippen MR) is 218 cm³/mol. The quantitative estimate of drug-likeness (QED) is 0.143. The highest BCUT2D eigenvalue weighted by molar-refractivity contribution is 5.85. The fourth-order valence-corrected chi connectivity index (χ4v) is 7.77. The summed E-state index contributed by atoms with van der Waals surface area (Å²) in [6.07, 6.45) is 29.0. The van der Waals surface area contributed by atoms with Gasteiger partial charge < -0.3 is 9.47 Å². The summed E-state index contributed by atoms with van der Waals surface area (Å²) in [5, 5.41) is 0. The Morgan fingerprint density at radius 1 is 0.647 bits per heavy atom. The van der Waals surface area contributed by atoms with Gasteiger partial charge in [0.05, 0.1) is 5.69 Å². The molecular formula is C49H44N2. The Morgan fingerprint density at radius 2 is 1.27 bits per heavy atom. The zero-order valence-corrected chi connectivity index (χ0v) is 29.4. The monoisotopic (exact) mass is 660 g/mol. The first-order valence-corrected chi connectivity index (χ1v) is 18.3. The van der Waals surface area contributed by atoms with Gasteiger partial charge in [-0.25, -0.2) is 0 Å². The van der Waals surface area contributed by atoms with Crippen LogP contribution in [0.25, 0.3) is 40.1 Å². The Hall–Kier alpha value is -5.86. The number of benzene rings is 4.